The number of methoxy groups -OCH3 is 3. The summed E-state index contributed by atoms with van der Waals surface area (Å²) >= 11 is 0. The summed E-state index contributed by atoms with van der Waals surface area (Å²) in [5, 5.41) is 25.2. The zero-order chi connectivity index (χ0) is 48.0. The van der Waals surface area contributed by atoms with Gasteiger partial charge in [-0.1, -0.05) is 45.4 Å². The minimum absolute atomic E-state index is 0.0344. The number of nitrogens with one attached hydrogen (secondary N) is 1. The molecule has 14 unspecified atom stereocenters. The number of rotatable bonds is 8. The molecule has 14 atom stereocenters. The number of esters is 1. The fourth-order valence-electron chi connectivity index (χ4n) is 11.3. The summed E-state index contributed by atoms with van der Waals surface area (Å²) in [6.45, 7) is 11.4. The number of ketones is 2. The van der Waals surface area contributed by atoms with E-state index in [9.17, 15) is 29.4 Å². The van der Waals surface area contributed by atoms with E-state index in [1.807, 2.05) is 33.0 Å². The second-order valence-electron chi connectivity index (χ2n) is 20.0. The highest BCUT2D eigenvalue weighted by molar-refractivity contribution is 6.39. The molecular weight excluding hydrogens is 843 g/mol. The first-order chi connectivity index (χ1) is 31.4. The summed E-state index contributed by atoms with van der Waals surface area (Å²) in [4.78, 5) is 64.1. The average molecular weight is 920 g/mol. The van der Waals surface area contributed by atoms with E-state index in [4.69, 9.17) is 23.7 Å². The molecule has 14 heteroatoms. The van der Waals surface area contributed by atoms with Crippen molar-refractivity contribution < 1.29 is 53.1 Å². The van der Waals surface area contributed by atoms with Crippen LogP contribution in [-0.2, 0) is 42.9 Å². The number of anilines is 1. The van der Waals surface area contributed by atoms with Crippen LogP contribution in [0.25, 0.3) is 10.9 Å². The maximum Gasteiger partial charge on any atom is 0.329 e. The Kier molecular flexibility index (Phi) is 17.5. The van der Waals surface area contributed by atoms with Gasteiger partial charge in [-0.15, -0.1) is 0 Å². The van der Waals surface area contributed by atoms with Crippen LogP contribution in [0.15, 0.2) is 53.8 Å². The Morgan fingerprint density at radius 1 is 0.955 bits per heavy atom. The van der Waals surface area contributed by atoms with Gasteiger partial charge in [0, 0.05) is 81.9 Å². The summed E-state index contributed by atoms with van der Waals surface area (Å²) in [5.74, 6) is -7.37. The number of hydrogen-bond donors (Lipinski definition) is 3. The van der Waals surface area contributed by atoms with Crippen molar-refractivity contribution in [2.45, 2.75) is 167 Å². The lowest BCUT2D eigenvalue weighted by Crippen LogP contribution is -2.64. The number of fused-ring (bicyclic) bond motifs is 4. The fraction of sp³-hybridized carbons (Fsp3) is 0.692. The predicted molar refractivity (Wildman–Crippen MR) is 253 cm³/mol. The summed E-state index contributed by atoms with van der Waals surface area (Å²) in [6, 6.07) is 7.43. The van der Waals surface area contributed by atoms with Crippen LogP contribution in [0.2, 0.25) is 0 Å². The van der Waals surface area contributed by atoms with E-state index in [1.54, 1.807) is 35.2 Å². The third-order valence-corrected chi connectivity index (χ3v) is 15.3. The fourth-order valence-corrected chi connectivity index (χ4v) is 11.3. The predicted octanol–water partition coefficient (Wildman–Crippen LogP) is 7.10. The highest BCUT2D eigenvalue weighted by Gasteiger charge is 2.56. The van der Waals surface area contributed by atoms with Crippen LogP contribution in [0, 0.1) is 29.6 Å². The van der Waals surface area contributed by atoms with Crippen molar-refractivity contribution in [2.24, 2.45) is 29.6 Å². The number of nitrogens with zero attached hydrogens (tertiary/aromatic N) is 2. The van der Waals surface area contributed by atoms with Crippen LogP contribution < -0.4 is 4.90 Å². The molecule has 14 nitrogen and oxygen atoms in total. The number of piperidine rings is 1. The number of allylic oxidation sites excluding steroid dienone is 3. The molecule has 2 bridgehead atoms. The number of ether oxygens (including phenoxy) is 5. The Balaban J connectivity index is 1.31. The second-order valence-corrected chi connectivity index (χ2v) is 20.0. The quantitative estimate of drug-likeness (QED) is 0.139. The van der Waals surface area contributed by atoms with Gasteiger partial charge in [0.25, 0.3) is 11.7 Å². The smallest absolute Gasteiger partial charge is 0.329 e. The standard InChI is InChI=1S/C52H77N3O11/c1-11-36-23-30(2)22-31(3)24-45(63-9)48-46(64-10)26-33(5)52(61,66-48)49(58)50(59)55-21-13-12-14-41(55)51(60)65-47(34(6)42(56)29-43(36)57)32(4)25-35-15-18-40(44(27-35)62-8)54(7)38-16-17-39-37(28-38)19-20-53-39/h16-17,19-20,23,25,28,31,33-36,40-42,44-48,53,56,61H,11-15,18,21-22,24,26-27,29H2,1-10H3/b30-23+,32-25?. The summed E-state index contributed by atoms with van der Waals surface area (Å²) in [6.07, 6.45) is 7.30. The monoisotopic (exact) mass is 920 g/mol. The lowest BCUT2D eigenvalue weighted by atomic mass is 9.80. The Hall–Kier alpha value is -3.92. The van der Waals surface area contributed by atoms with Gasteiger partial charge in [0.05, 0.1) is 30.5 Å². The largest absolute Gasteiger partial charge is 0.456 e. The number of benzene rings is 1. The number of Topliss-reactive ketones (excluding diaryl/α,β-unsaturated/α-hetero) is 2. The molecule has 1 aromatic heterocycles. The number of amides is 1. The molecule has 3 aliphatic heterocycles. The van der Waals surface area contributed by atoms with Crippen LogP contribution in [0.3, 0.4) is 0 Å². The molecule has 0 spiro atoms. The van der Waals surface area contributed by atoms with Gasteiger partial charge in [0.15, 0.2) is 0 Å². The maximum absolute atomic E-state index is 14.6. The van der Waals surface area contributed by atoms with E-state index in [-0.39, 0.29) is 55.6 Å². The molecule has 4 aliphatic rings. The third kappa shape index (κ3) is 11.3. The number of aliphatic hydroxyl groups excluding tert-OH is 1. The number of hydrogen-bond acceptors (Lipinski definition) is 12. The normalized spacial score (nSPS) is 37.1. The molecule has 3 N–H and O–H groups in total. The zero-order valence-electron chi connectivity index (χ0n) is 41.0. The van der Waals surface area contributed by atoms with Crippen LogP contribution in [-0.4, -0.2) is 133 Å². The number of carbonyl (C=O) groups is 4. The molecule has 6 rings (SSSR count). The molecular formula is C52H77N3O11. The first-order valence-electron chi connectivity index (χ1n) is 24.3. The molecule has 66 heavy (non-hydrogen) atoms. The molecule has 1 aromatic carbocycles. The summed E-state index contributed by atoms with van der Waals surface area (Å²) in [5.41, 5.74) is 3.90. The number of likely N-dealkylation sites (N-methyl/N-ethyl adjacent to an activating group) is 1. The van der Waals surface area contributed by atoms with Gasteiger partial charge in [-0.3, -0.25) is 14.4 Å². The summed E-state index contributed by atoms with van der Waals surface area (Å²) < 4.78 is 30.7. The molecule has 366 valence electrons. The van der Waals surface area contributed by atoms with Crippen molar-refractivity contribution in [3.8, 4) is 0 Å². The van der Waals surface area contributed by atoms with E-state index in [1.165, 1.54) is 4.90 Å². The second kappa shape index (κ2) is 22.5. The van der Waals surface area contributed by atoms with Gasteiger partial charge in [-0.2, -0.15) is 0 Å². The molecule has 1 saturated carbocycles. The molecule has 2 aromatic rings. The van der Waals surface area contributed by atoms with Gasteiger partial charge >= 0.3 is 5.97 Å². The molecule has 1 amide bonds. The third-order valence-electron chi connectivity index (χ3n) is 15.3. The molecule has 4 heterocycles. The number of aromatic amines is 1. The van der Waals surface area contributed by atoms with E-state index in [0.717, 1.165) is 40.6 Å². The first kappa shape index (κ1) is 51.5. The Morgan fingerprint density at radius 2 is 1.67 bits per heavy atom. The van der Waals surface area contributed by atoms with E-state index in [2.05, 4.69) is 54.2 Å². The number of carbonyl (C=O) groups excluding carboxylic acids is 4. The number of H-pyrrole nitrogens is 1. The SMILES string of the molecule is CCC1/C=C(\C)CC(C)CC(OC)C2OC(O)(C(=O)C(=O)N3CCCCC3C(=O)OC(C(C)=CC3CCC(N(C)c4ccc5[nH]ccc5c4)C(OC)C3)C(C)C(O)CC1=O)C(C)CC2OC. The Labute approximate surface area is 391 Å². The molecule has 0 radical (unpaired) electrons. The number of cyclic esters (lactones) is 1. The van der Waals surface area contributed by atoms with Gasteiger partial charge in [-0.25, -0.2) is 4.79 Å². The van der Waals surface area contributed by atoms with Crippen molar-refractivity contribution in [3.63, 3.8) is 0 Å². The lowest BCUT2D eigenvalue weighted by Gasteiger charge is -2.47. The lowest BCUT2D eigenvalue weighted by molar-refractivity contribution is -0.302. The highest BCUT2D eigenvalue weighted by atomic mass is 16.7. The minimum Gasteiger partial charge on any atom is -0.456 e. The van der Waals surface area contributed by atoms with Crippen molar-refractivity contribution in [2.75, 3.05) is 39.8 Å². The first-order valence-corrected chi connectivity index (χ1v) is 24.3. The zero-order valence-corrected chi connectivity index (χ0v) is 41.0. The maximum atomic E-state index is 14.6. The molecule has 3 fully saturated rings. The van der Waals surface area contributed by atoms with E-state index >= 15 is 0 Å². The number of aromatic nitrogens is 1. The van der Waals surface area contributed by atoms with Gasteiger partial charge < -0.3 is 48.7 Å². The topological polar surface area (TPSA) is 177 Å². The van der Waals surface area contributed by atoms with Gasteiger partial charge in [0.2, 0.25) is 5.79 Å². The average Bonchev–Trinajstić information content (AvgIpc) is 3.79. The minimum atomic E-state index is -2.50. The van der Waals surface area contributed by atoms with E-state index in [0.29, 0.717) is 38.5 Å². The summed E-state index contributed by atoms with van der Waals surface area (Å²) in [7, 11) is 6.92. The van der Waals surface area contributed by atoms with Crippen LogP contribution in [0.1, 0.15) is 112 Å². The van der Waals surface area contributed by atoms with Gasteiger partial charge in [0.1, 0.15) is 24.0 Å². The van der Waals surface area contributed by atoms with Crippen molar-refractivity contribution in [1.82, 2.24) is 9.88 Å². The molecule has 1 aliphatic carbocycles. The molecule has 2 saturated heterocycles. The van der Waals surface area contributed by atoms with Crippen LogP contribution in [0.4, 0.5) is 5.69 Å². The van der Waals surface area contributed by atoms with Crippen molar-refractivity contribution >= 4 is 40.0 Å². The van der Waals surface area contributed by atoms with Crippen LogP contribution in [0.5, 0.6) is 0 Å². The highest BCUT2D eigenvalue weighted by Crippen LogP contribution is 2.40. The van der Waals surface area contributed by atoms with Crippen LogP contribution >= 0.6 is 0 Å². The van der Waals surface area contributed by atoms with Crippen molar-refractivity contribution in [1.29, 1.82) is 0 Å². The van der Waals surface area contributed by atoms with Crippen molar-refractivity contribution in [3.05, 3.63) is 53.8 Å². The Bertz CT molecular complexity index is 2070. The van der Waals surface area contributed by atoms with Gasteiger partial charge in [-0.05, 0) is 120 Å². The number of aliphatic hydroxyl groups is 2. The Morgan fingerprint density at radius 3 is 2.36 bits per heavy atom. The van der Waals surface area contributed by atoms with E-state index < -0.39 is 77.8 Å².